The molecule has 0 bridgehead atoms. The van der Waals surface area contributed by atoms with Crippen LogP contribution in [0, 0.1) is 16.2 Å². The molecule has 0 N–H and O–H groups in total. The van der Waals surface area contributed by atoms with Crippen LogP contribution in [0.3, 0.4) is 0 Å². The zero-order valence-corrected chi connectivity index (χ0v) is 13.7. The third-order valence-corrected chi connectivity index (χ3v) is 5.45. The fourth-order valence-corrected chi connectivity index (χ4v) is 4.73. The molecule has 0 aromatic heterocycles. The van der Waals surface area contributed by atoms with Crippen molar-refractivity contribution in [1.82, 2.24) is 0 Å². The Balaban J connectivity index is 2.28. The second-order valence-corrected chi connectivity index (χ2v) is 8.35. The lowest BCUT2D eigenvalue weighted by Gasteiger charge is -2.59. The van der Waals surface area contributed by atoms with Crippen LogP contribution >= 0.6 is 0 Å². The summed E-state index contributed by atoms with van der Waals surface area (Å²) in [5.41, 5.74) is 6.70. The molecule has 0 heteroatoms. The first-order valence-electron chi connectivity index (χ1n) is 7.71. The number of hydrogen-bond donors (Lipinski definition) is 0. The van der Waals surface area contributed by atoms with E-state index in [1.807, 2.05) is 0 Å². The van der Waals surface area contributed by atoms with Gasteiger partial charge in [-0.1, -0.05) is 78.0 Å². The summed E-state index contributed by atoms with van der Waals surface area (Å²) >= 11 is 0. The lowest BCUT2D eigenvalue weighted by molar-refractivity contribution is 0.0299. The molecule has 0 atom stereocenters. The summed E-state index contributed by atoms with van der Waals surface area (Å²) in [5, 5.41) is 0. The van der Waals surface area contributed by atoms with Gasteiger partial charge in [0.1, 0.15) is 0 Å². The van der Waals surface area contributed by atoms with Gasteiger partial charge in [-0.3, -0.25) is 0 Å². The molecule has 3 rings (SSSR count). The van der Waals surface area contributed by atoms with Crippen molar-refractivity contribution in [2.75, 3.05) is 0 Å². The van der Waals surface area contributed by atoms with Crippen molar-refractivity contribution in [2.45, 2.75) is 48.0 Å². The lowest BCUT2D eigenvalue weighted by atomic mass is 9.44. The van der Waals surface area contributed by atoms with Crippen LogP contribution in [0.15, 0.2) is 36.4 Å². The van der Waals surface area contributed by atoms with Crippen molar-refractivity contribution in [1.29, 1.82) is 0 Å². The van der Waals surface area contributed by atoms with E-state index in [1.165, 1.54) is 16.7 Å². The maximum Gasteiger partial charge on any atom is 0.00967 e. The molecule has 0 radical (unpaired) electrons. The minimum absolute atomic E-state index is 0.207. The minimum Gasteiger partial charge on any atom is -0.0830 e. The van der Waals surface area contributed by atoms with Crippen LogP contribution < -0.4 is 0 Å². The largest absolute Gasteiger partial charge is 0.0830 e. The van der Waals surface area contributed by atoms with E-state index in [0.717, 1.165) is 6.42 Å². The van der Waals surface area contributed by atoms with Crippen LogP contribution in [0.25, 0.3) is 11.1 Å². The number of allylic oxidation sites excluding steroid dienone is 4. The number of fused-ring (bicyclic) bond motifs is 3. The van der Waals surface area contributed by atoms with Gasteiger partial charge in [-0.05, 0) is 39.5 Å². The van der Waals surface area contributed by atoms with Crippen LogP contribution in [0.4, 0.5) is 0 Å². The quantitative estimate of drug-likeness (QED) is 0.544. The maximum atomic E-state index is 2.41. The van der Waals surface area contributed by atoms with E-state index in [4.69, 9.17) is 0 Å². The second kappa shape index (κ2) is 3.87. The normalized spacial score (nSPS) is 20.3. The van der Waals surface area contributed by atoms with Crippen molar-refractivity contribution in [2.24, 2.45) is 16.2 Å². The van der Waals surface area contributed by atoms with Gasteiger partial charge in [-0.15, -0.1) is 0 Å². The SMILES string of the molecule is CC(C)(C)C1(C(C)(C)C)CC=CC2=C1c1ccccc12. The van der Waals surface area contributed by atoms with Crippen molar-refractivity contribution in [3.8, 4) is 0 Å². The lowest BCUT2D eigenvalue weighted by Crippen LogP contribution is -2.49. The number of benzene rings is 1. The summed E-state index contributed by atoms with van der Waals surface area (Å²) < 4.78 is 0. The summed E-state index contributed by atoms with van der Waals surface area (Å²) in [6.07, 6.45) is 5.88. The molecule has 20 heavy (non-hydrogen) atoms. The van der Waals surface area contributed by atoms with Crippen molar-refractivity contribution >= 4 is 11.1 Å². The number of rotatable bonds is 0. The topological polar surface area (TPSA) is 0 Å². The standard InChI is InChI=1S/C20H26/c1-18(2,3)20(19(4,5)6)13-9-12-16-14-10-7-8-11-15(14)17(16)20/h7-12H,13H2,1-6H3. The van der Waals surface area contributed by atoms with Gasteiger partial charge in [-0.2, -0.15) is 0 Å². The molecule has 0 unspecified atom stereocenters. The molecule has 0 fully saturated rings. The third kappa shape index (κ3) is 1.48. The Kier molecular flexibility index (Phi) is 2.65. The molecule has 0 saturated heterocycles. The molecule has 1 aromatic rings. The average molecular weight is 266 g/mol. The minimum atomic E-state index is 0.207. The zero-order valence-electron chi connectivity index (χ0n) is 13.7. The molecule has 0 amide bonds. The van der Waals surface area contributed by atoms with E-state index >= 15 is 0 Å². The van der Waals surface area contributed by atoms with Gasteiger partial charge in [0.25, 0.3) is 0 Å². The molecule has 0 nitrogen and oxygen atoms in total. The Labute approximate surface area is 123 Å². The van der Waals surface area contributed by atoms with Crippen LogP contribution in [0.1, 0.15) is 59.1 Å². The van der Waals surface area contributed by atoms with Crippen molar-refractivity contribution in [3.05, 3.63) is 47.5 Å². The summed E-state index contributed by atoms with van der Waals surface area (Å²) in [5.74, 6) is 0. The molecular weight excluding hydrogens is 240 g/mol. The average Bonchev–Trinajstić information content (AvgIpc) is 2.32. The maximum absolute atomic E-state index is 2.41. The van der Waals surface area contributed by atoms with E-state index in [2.05, 4.69) is 78.0 Å². The van der Waals surface area contributed by atoms with Crippen LogP contribution in [0.5, 0.6) is 0 Å². The van der Waals surface area contributed by atoms with Gasteiger partial charge in [0, 0.05) is 5.41 Å². The third-order valence-electron chi connectivity index (χ3n) is 5.45. The Morgan fingerprint density at radius 2 is 1.40 bits per heavy atom. The molecular formula is C20H26. The van der Waals surface area contributed by atoms with Crippen molar-refractivity contribution < 1.29 is 0 Å². The molecule has 106 valence electrons. The first-order chi connectivity index (χ1) is 9.20. The molecule has 1 aromatic carbocycles. The van der Waals surface area contributed by atoms with Crippen molar-refractivity contribution in [3.63, 3.8) is 0 Å². The molecule has 0 heterocycles. The summed E-state index contributed by atoms with van der Waals surface area (Å²) in [4.78, 5) is 0. The summed E-state index contributed by atoms with van der Waals surface area (Å²) in [7, 11) is 0. The van der Waals surface area contributed by atoms with E-state index in [1.54, 1.807) is 5.57 Å². The van der Waals surface area contributed by atoms with E-state index in [0.29, 0.717) is 0 Å². The highest BCUT2D eigenvalue weighted by atomic mass is 14.6. The van der Waals surface area contributed by atoms with Gasteiger partial charge in [0.2, 0.25) is 0 Å². The van der Waals surface area contributed by atoms with E-state index < -0.39 is 0 Å². The predicted molar refractivity (Wildman–Crippen MR) is 88.4 cm³/mol. The van der Waals surface area contributed by atoms with Gasteiger partial charge in [0.15, 0.2) is 0 Å². The highest BCUT2D eigenvalue weighted by Crippen LogP contribution is 2.67. The molecule has 0 aliphatic heterocycles. The zero-order chi connectivity index (χ0) is 14.8. The Morgan fingerprint density at radius 1 is 0.850 bits per heavy atom. The van der Waals surface area contributed by atoms with Crippen LogP contribution in [0.2, 0.25) is 0 Å². The van der Waals surface area contributed by atoms with Gasteiger partial charge >= 0.3 is 0 Å². The Bertz CT molecular complexity index is 598. The van der Waals surface area contributed by atoms with Gasteiger partial charge in [0.05, 0.1) is 0 Å². The highest BCUT2D eigenvalue weighted by Gasteiger charge is 2.56. The first-order valence-corrected chi connectivity index (χ1v) is 7.71. The molecule has 2 aliphatic rings. The predicted octanol–water partition coefficient (Wildman–Crippen LogP) is 5.95. The monoisotopic (exact) mass is 266 g/mol. The summed E-state index contributed by atoms with van der Waals surface area (Å²) in [6, 6.07) is 8.90. The Morgan fingerprint density at radius 3 is 1.95 bits per heavy atom. The molecule has 0 spiro atoms. The first kappa shape index (κ1) is 13.7. The highest BCUT2D eigenvalue weighted by molar-refractivity contribution is 6.10. The summed E-state index contributed by atoms with van der Waals surface area (Å²) in [6.45, 7) is 14.4. The fourth-order valence-electron chi connectivity index (χ4n) is 4.73. The van der Waals surface area contributed by atoms with Gasteiger partial charge < -0.3 is 0 Å². The van der Waals surface area contributed by atoms with Gasteiger partial charge in [-0.25, -0.2) is 0 Å². The molecule has 0 saturated carbocycles. The fraction of sp³-hybridized carbons (Fsp3) is 0.500. The van der Waals surface area contributed by atoms with E-state index in [-0.39, 0.29) is 16.2 Å². The smallest absolute Gasteiger partial charge is 0.00967 e. The second-order valence-electron chi connectivity index (χ2n) is 8.35. The Hall–Kier alpha value is -1.30. The number of hydrogen-bond acceptors (Lipinski definition) is 0. The molecule has 2 aliphatic carbocycles. The van der Waals surface area contributed by atoms with Crippen LogP contribution in [-0.4, -0.2) is 0 Å². The van der Waals surface area contributed by atoms with E-state index in [9.17, 15) is 0 Å². The van der Waals surface area contributed by atoms with Crippen LogP contribution in [-0.2, 0) is 0 Å².